The third kappa shape index (κ3) is 5.20. The first kappa shape index (κ1) is 17.7. The van der Waals surface area contributed by atoms with Gasteiger partial charge in [0, 0.05) is 38.9 Å². The highest BCUT2D eigenvalue weighted by Crippen LogP contribution is 2.23. The minimum absolute atomic E-state index is 0.167. The van der Waals surface area contributed by atoms with E-state index in [-0.39, 0.29) is 5.60 Å². The van der Waals surface area contributed by atoms with E-state index in [1.54, 1.807) is 0 Å². The second kappa shape index (κ2) is 7.44. The van der Waals surface area contributed by atoms with Gasteiger partial charge >= 0.3 is 0 Å². The van der Waals surface area contributed by atoms with Crippen molar-refractivity contribution in [2.24, 2.45) is 0 Å². The summed E-state index contributed by atoms with van der Waals surface area (Å²) in [6, 6.07) is 12.7. The molecule has 0 amide bonds. The van der Waals surface area contributed by atoms with Crippen LogP contribution in [0.15, 0.2) is 42.6 Å². The molecule has 1 aromatic carbocycles. The second-order valence-electron chi connectivity index (χ2n) is 7.82. The van der Waals surface area contributed by atoms with Gasteiger partial charge < -0.3 is 9.64 Å². The highest BCUT2D eigenvalue weighted by Gasteiger charge is 2.18. The third-order valence-corrected chi connectivity index (χ3v) is 4.29. The molecule has 1 saturated heterocycles. The topological polar surface area (TPSA) is 28.6 Å². The molecular formula is C21H29N3O. The first-order chi connectivity index (χ1) is 11.9. The van der Waals surface area contributed by atoms with E-state index in [4.69, 9.17) is 4.74 Å². The number of pyridine rings is 1. The predicted octanol–water partition coefficient (Wildman–Crippen LogP) is 3.89. The number of hydrogen-bond acceptors (Lipinski definition) is 4. The standard InChI is InChI=1S/C21H29N3O/c1-17-13-18(15-19(14-17)25-21(2,3)4)16-23-9-11-24(12-10-23)20-7-5-6-8-22-20/h5-8,13-15H,9-12,16H2,1-4H3. The summed E-state index contributed by atoms with van der Waals surface area (Å²) < 4.78 is 6.05. The molecule has 1 aromatic heterocycles. The van der Waals surface area contributed by atoms with Crippen molar-refractivity contribution in [3.63, 3.8) is 0 Å². The smallest absolute Gasteiger partial charge is 0.128 e. The van der Waals surface area contributed by atoms with Gasteiger partial charge in [-0.05, 0) is 63.1 Å². The normalized spacial score (nSPS) is 16.1. The summed E-state index contributed by atoms with van der Waals surface area (Å²) in [5.74, 6) is 2.05. The summed E-state index contributed by atoms with van der Waals surface area (Å²) in [7, 11) is 0. The average Bonchev–Trinajstić information content (AvgIpc) is 2.54. The molecule has 4 nitrogen and oxygen atoms in total. The van der Waals surface area contributed by atoms with Crippen molar-refractivity contribution in [2.75, 3.05) is 31.1 Å². The Kier molecular flexibility index (Phi) is 5.28. The minimum atomic E-state index is -0.167. The highest BCUT2D eigenvalue weighted by molar-refractivity contribution is 5.38. The van der Waals surface area contributed by atoms with E-state index in [0.29, 0.717) is 0 Å². The molecule has 0 saturated carbocycles. The molecule has 0 aliphatic carbocycles. The lowest BCUT2D eigenvalue weighted by molar-refractivity contribution is 0.130. The molecule has 134 valence electrons. The van der Waals surface area contributed by atoms with Crippen molar-refractivity contribution >= 4 is 5.82 Å². The lowest BCUT2D eigenvalue weighted by Crippen LogP contribution is -2.46. The largest absolute Gasteiger partial charge is 0.488 e. The van der Waals surface area contributed by atoms with E-state index >= 15 is 0 Å². The van der Waals surface area contributed by atoms with Gasteiger partial charge in [0.25, 0.3) is 0 Å². The number of aromatic nitrogens is 1. The van der Waals surface area contributed by atoms with Crippen LogP contribution in [0.4, 0.5) is 5.82 Å². The summed E-state index contributed by atoms with van der Waals surface area (Å²) in [6.45, 7) is 13.5. The number of nitrogens with zero attached hydrogens (tertiary/aromatic N) is 3. The fraction of sp³-hybridized carbons (Fsp3) is 0.476. The first-order valence-electron chi connectivity index (χ1n) is 9.07. The van der Waals surface area contributed by atoms with Crippen LogP contribution in [0, 0.1) is 6.92 Å². The Morgan fingerprint density at radius 3 is 2.44 bits per heavy atom. The van der Waals surface area contributed by atoms with Gasteiger partial charge in [0.2, 0.25) is 0 Å². The average molecular weight is 339 g/mol. The molecular weight excluding hydrogens is 310 g/mol. The number of ether oxygens (including phenoxy) is 1. The Hall–Kier alpha value is -2.07. The van der Waals surface area contributed by atoms with Gasteiger partial charge in [-0.25, -0.2) is 4.98 Å². The predicted molar refractivity (Wildman–Crippen MR) is 103 cm³/mol. The van der Waals surface area contributed by atoms with E-state index in [1.807, 2.05) is 12.3 Å². The lowest BCUT2D eigenvalue weighted by atomic mass is 10.1. The summed E-state index contributed by atoms with van der Waals surface area (Å²) in [6.07, 6.45) is 1.87. The molecule has 4 heteroatoms. The van der Waals surface area contributed by atoms with Crippen LogP contribution in [0.5, 0.6) is 5.75 Å². The van der Waals surface area contributed by atoms with Crippen molar-refractivity contribution in [1.29, 1.82) is 0 Å². The van der Waals surface area contributed by atoms with E-state index in [0.717, 1.165) is 44.3 Å². The van der Waals surface area contributed by atoms with E-state index in [2.05, 4.69) is 72.8 Å². The molecule has 1 fully saturated rings. The molecule has 0 atom stereocenters. The second-order valence-corrected chi connectivity index (χ2v) is 7.82. The Labute approximate surface area is 151 Å². The Balaban J connectivity index is 1.60. The van der Waals surface area contributed by atoms with Crippen LogP contribution in [-0.4, -0.2) is 41.7 Å². The zero-order valence-electron chi connectivity index (χ0n) is 15.8. The molecule has 2 aromatic rings. The monoisotopic (exact) mass is 339 g/mol. The van der Waals surface area contributed by atoms with Crippen molar-refractivity contribution in [3.8, 4) is 5.75 Å². The quantitative estimate of drug-likeness (QED) is 0.845. The van der Waals surface area contributed by atoms with Crippen LogP contribution in [0.2, 0.25) is 0 Å². The van der Waals surface area contributed by atoms with Crippen molar-refractivity contribution in [3.05, 3.63) is 53.7 Å². The zero-order valence-corrected chi connectivity index (χ0v) is 15.8. The van der Waals surface area contributed by atoms with Crippen LogP contribution < -0.4 is 9.64 Å². The number of rotatable bonds is 4. The Morgan fingerprint density at radius 2 is 1.80 bits per heavy atom. The number of hydrogen-bond donors (Lipinski definition) is 0. The summed E-state index contributed by atoms with van der Waals surface area (Å²) in [4.78, 5) is 9.33. The molecule has 25 heavy (non-hydrogen) atoms. The fourth-order valence-electron chi connectivity index (χ4n) is 3.26. The van der Waals surface area contributed by atoms with E-state index in [9.17, 15) is 0 Å². The number of anilines is 1. The van der Waals surface area contributed by atoms with Crippen LogP contribution in [-0.2, 0) is 6.54 Å². The molecule has 0 N–H and O–H groups in total. The van der Waals surface area contributed by atoms with Crippen molar-refractivity contribution < 1.29 is 4.74 Å². The van der Waals surface area contributed by atoms with Crippen molar-refractivity contribution in [2.45, 2.75) is 39.8 Å². The molecule has 0 unspecified atom stereocenters. The van der Waals surface area contributed by atoms with Gasteiger partial charge in [-0.2, -0.15) is 0 Å². The maximum absolute atomic E-state index is 6.05. The highest BCUT2D eigenvalue weighted by atomic mass is 16.5. The molecule has 3 rings (SSSR count). The maximum atomic E-state index is 6.05. The lowest BCUT2D eigenvalue weighted by Gasteiger charge is -2.35. The van der Waals surface area contributed by atoms with E-state index in [1.165, 1.54) is 11.1 Å². The number of piperazine rings is 1. The molecule has 0 spiro atoms. The van der Waals surface area contributed by atoms with Gasteiger partial charge in [-0.15, -0.1) is 0 Å². The van der Waals surface area contributed by atoms with Crippen LogP contribution >= 0.6 is 0 Å². The number of benzene rings is 1. The number of aryl methyl sites for hydroxylation is 1. The fourth-order valence-corrected chi connectivity index (χ4v) is 3.26. The summed E-state index contributed by atoms with van der Waals surface area (Å²) >= 11 is 0. The van der Waals surface area contributed by atoms with Crippen LogP contribution in [0.3, 0.4) is 0 Å². The van der Waals surface area contributed by atoms with Crippen molar-refractivity contribution in [1.82, 2.24) is 9.88 Å². The third-order valence-electron chi connectivity index (χ3n) is 4.29. The molecule has 0 bridgehead atoms. The Morgan fingerprint density at radius 1 is 1.04 bits per heavy atom. The summed E-state index contributed by atoms with van der Waals surface area (Å²) in [5, 5.41) is 0. The first-order valence-corrected chi connectivity index (χ1v) is 9.07. The van der Waals surface area contributed by atoms with Gasteiger partial charge in [-0.3, -0.25) is 4.90 Å². The van der Waals surface area contributed by atoms with Gasteiger partial charge in [0.05, 0.1) is 0 Å². The van der Waals surface area contributed by atoms with Gasteiger partial charge in [0.15, 0.2) is 0 Å². The molecule has 1 aliphatic heterocycles. The van der Waals surface area contributed by atoms with Crippen LogP contribution in [0.25, 0.3) is 0 Å². The summed E-state index contributed by atoms with van der Waals surface area (Å²) in [5.41, 5.74) is 2.41. The molecule has 1 aliphatic rings. The van der Waals surface area contributed by atoms with Crippen LogP contribution in [0.1, 0.15) is 31.9 Å². The SMILES string of the molecule is Cc1cc(CN2CCN(c3ccccn3)CC2)cc(OC(C)(C)C)c1. The van der Waals surface area contributed by atoms with E-state index < -0.39 is 0 Å². The molecule has 0 radical (unpaired) electrons. The minimum Gasteiger partial charge on any atom is -0.488 e. The maximum Gasteiger partial charge on any atom is 0.128 e. The van der Waals surface area contributed by atoms with Gasteiger partial charge in [-0.1, -0.05) is 12.1 Å². The molecule has 2 heterocycles. The Bertz CT molecular complexity index is 686. The zero-order chi connectivity index (χ0) is 17.9. The van der Waals surface area contributed by atoms with Gasteiger partial charge in [0.1, 0.15) is 17.2 Å².